The maximum absolute atomic E-state index is 12.2. The molecule has 1 atom stereocenters. The molecule has 1 aromatic carbocycles. The van der Waals surface area contributed by atoms with Gasteiger partial charge in [0.2, 0.25) is 5.91 Å². The Kier molecular flexibility index (Phi) is 3.45. The average molecular weight is 259 g/mol. The molecule has 102 valence electrons. The molecule has 1 amide bonds. The predicted octanol–water partition coefficient (Wildman–Crippen LogP) is 3.70. The van der Waals surface area contributed by atoms with E-state index in [-0.39, 0.29) is 11.8 Å². The van der Waals surface area contributed by atoms with E-state index < -0.39 is 0 Å². The summed E-state index contributed by atoms with van der Waals surface area (Å²) in [6.07, 6.45) is 7.56. The largest absolute Gasteiger partial charge is 0.495 e. The van der Waals surface area contributed by atoms with Crippen molar-refractivity contribution < 1.29 is 9.53 Å². The first-order valence-electron chi connectivity index (χ1n) is 7.27. The number of nitrogens with one attached hydrogen (secondary N) is 1. The molecule has 0 radical (unpaired) electrons. The lowest BCUT2D eigenvalue weighted by Crippen LogP contribution is -2.17. The third-order valence-corrected chi connectivity index (χ3v) is 4.51. The number of carbonyl (C=O) groups excluding carboxylic acids is 1. The van der Waals surface area contributed by atoms with Crippen molar-refractivity contribution in [2.75, 3.05) is 12.4 Å². The molecule has 2 aliphatic rings. The van der Waals surface area contributed by atoms with Crippen LogP contribution in [-0.2, 0) is 4.79 Å². The molecule has 0 bridgehead atoms. The summed E-state index contributed by atoms with van der Waals surface area (Å²) in [4.78, 5) is 12.2. The first-order valence-corrected chi connectivity index (χ1v) is 7.27. The van der Waals surface area contributed by atoms with Crippen LogP contribution in [0, 0.1) is 5.92 Å². The normalized spacial score (nSPS) is 23.0. The van der Waals surface area contributed by atoms with Crippen molar-refractivity contribution in [1.29, 1.82) is 0 Å². The molecule has 0 aromatic heterocycles. The second kappa shape index (κ2) is 5.24. The van der Waals surface area contributed by atoms with Crippen LogP contribution in [0.15, 0.2) is 18.2 Å². The fourth-order valence-corrected chi connectivity index (χ4v) is 3.48. The summed E-state index contributed by atoms with van der Waals surface area (Å²) in [6, 6.07) is 5.94. The fourth-order valence-electron chi connectivity index (χ4n) is 3.48. The van der Waals surface area contributed by atoms with Gasteiger partial charge >= 0.3 is 0 Å². The summed E-state index contributed by atoms with van der Waals surface area (Å²) in [5.74, 6) is 1.65. The van der Waals surface area contributed by atoms with Gasteiger partial charge in [-0.2, -0.15) is 0 Å². The zero-order valence-corrected chi connectivity index (χ0v) is 11.4. The van der Waals surface area contributed by atoms with Gasteiger partial charge in [-0.15, -0.1) is 0 Å². The van der Waals surface area contributed by atoms with Crippen molar-refractivity contribution in [3.63, 3.8) is 0 Å². The molecule has 0 saturated heterocycles. The van der Waals surface area contributed by atoms with Gasteiger partial charge in [-0.05, 0) is 24.0 Å². The van der Waals surface area contributed by atoms with Crippen molar-refractivity contribution in [1.82, 2.24) is 0 Å². The summed E-state index contributed by atoms with van der Waals surface area (Å²) in [5, 5.41) is 2.99. The summed E-state index contributed by atoms with van der Waals surface area (Å²) in [6.45, 7) is 0. The Morgan fingerprint density at radius 3 is 2.79 bits per heavy atom. The van der Waals surface area contributed by atoms with Crippen LogP contribution in [0.1, 0.15) is 50.0 Å². The maximum atomic E-state index is 12.2. The van der Waals surface area contributed by atoms with Crippen molar-refractivity contribution >= 4 is 11.6 Å². The molecule has 3 heteroatoms. The molecule has 3 rings (SSSR count). The first kappa shape index (κ1) is 12.5. The van der Waals surface area contributed by atoms with Crippen molar-refractivity contribution in [3.8, 4) is 5.75 Å². The van der Waals surface area contributed by atoms with Gasteiger partial charge in [0.25, 0.3) is 0 Å². The number of carbonyl (C=O) groups is 1. The lowest BCUT2D eigenvalue weighted by atomic mass is 9.81. The van der Waals surface area contributed by atoms with Crippen LogP contribution in [-0.4, -0.2) is 13.0 Å². The lowest BCUT2D eigenvalue weighted by Gasteiger charge is -2.23. The molecule has 1 unspecified atom stereocenters. The Balaban J connectivity index is 1.82. The van der Waals surface area contributed by atoms with Crippen LogP contribution in [0.3, 0.4) is 0 Å². The minimum absolute atomic E-state index is 0.0215. The topological polar surface area (TPSA) is 38.3 Å². The van der Waals surface area contributed by atoms with Crippen LogP contribution in [0.2, 0.25) is 0 Å². The highest BCUT2D eigenvalue weighted by Crippen LogP contribution is 2.43. The van der Waals surface area contributed by atoms with Gasteiger partial charge in [0.05, 0.1) is 18.7 Å². The number of para-hydroxylation sites is 1. The molecular weight excluding hydrogens is 238 g/mol. The first-order chi connectivity index (χ1) is 9.29. The van der Waals surface area contributed by atoms with E-state index in [0.717, 1.165) is 23.4 Å². The van der Waals surface area contributed by atoms with Gasteiger partial charge in [0, 0.05) is 0 Å². The highest BCUT2D eigenvalue weighted by atomic mass is 16.5. The Labute approximate surface area is 114 Å². The lowest BCUT2D eigenvalue weighted by molar-refractivity contribution is -0.117. The van der Waals surface area contributed by atoms with Crippen molar-refractivity contribution in [2.45, 2.75) is 44.4 Å². The summed E-state index contributed by atoms with van der Waals surface area (Å²) in [5.41, 5.74) is 2.01. The zero-order chi connectivity index (χ0) is 13.2. The highest BCUT2D eigenvalue weighted by Gasteiger charge is 2.34. The Hall–Kier alpha value is -1.51. The SMILES string of the molecule is COc1cccc2c1NC(=O)C2CC1CCCCC1. The molecule has 1 aromatic rings. The number of fused-ring (bicyclic) bond motifs is 1. The molecular formula is C16H21NO2. The van der Waals surface area contributed by atoms with Gasteiger partial charge in [0.1, 0.15) is 5.75 Å². The predicted molar refractivity (Wildman–Crippen MR) is 75.6 cm³/mol. The molecule has 3 nitrogen and oxygen atoms in total. The summed E-state index contributed by atoms with van der Waals surface area (Å²) in [7, 11) is 1.65. The third kappa shape index (κ3) is 2.34. The van der Waals surface area contributed by atoms with E-state index in [1.54, 1.807) is 7.11 Å². The molecule has 1 saturated carbocycles. The third-order valence-electron chi connectivity index (χ3n) is 4.51. The van der Waals surface area contributed by atoms with E-state index in [9.17, 15) is 4.79 Å². The smallest absolute Gasteiger partial charge is 0.232 e. The minimum atomic E-state index is 0.0215. The molecule has 0 spiro atoms. The van der Waals surface area contributed by atoms with E-state index in [1.165, 1.54) is 32.1 Å². The second-order valence-electron chi connectivity index (χ2n) is 5.71. The monoisotopic (exact) mass is 259 g/mol. The van der Waals surface area contributed by atoms with Crippen LogP contribution in [0.5, 0.6) is 5.75 Å². The van der Waals surface area contributed by atoms with Crippen molar-refractivity contribution in [3.05, 3.63) is 23.8 Å². The van der Waals surface area contributed by atoms with E-state index in [4.69, 9.17) is 4.74 Å². The maximum Gasteiger partial charge on any atom is 0.232 e. The number of hydrogen-bond acceptors (Lipinski definition) is 2. The standard InChI is InChI=1S/C16H21NO2/c1-19-14-9-5-8-12-13(16(18)17-15(12)14)10-11-6-3-2-4-7-11/h5,8-9,11,13H,2-4,6-7,10H2,1H3,(H,17,18). The van der Waals surface area contributed by atoms with Crippen LogP contribution in [0.25, 0.3) is 0 Å². The summed E-state index contributed by atoms with van der Waals surface area (Å²) < 4.78 is 5.33. The number of anilines is 1. The molecule has 1 aliphatic heterocycles. The van der Waals surface area contributed by atoms with Gasteiger partial charge in [0.15, 0.2) is 0 Å². The van der Waals surface area contributed by atoms with Crippen LogP contribution in [0.4, 0.5) is 5.69 Å². The van der Waals surface area contributed by atoms with E-state index >= 15 is 0 Å². The number of methoxy groups -OCH3 is 1. The average Bonchev–Trinajstić information content (AvgIpc) is 2.76. The molecule has 1 fully saturated rings. The Morgan fingerprint density at radius 2 is 2.05 bits per heavy atom. The quantitative estimate of drug-likeness (QED) is 0.898. The van der Waals surface area contributed by atoms with Crippen LogP contribution < -0.4 is 10.1 Å². The van der Waals surface area contributed by atoms with Crippen LogP contribution >= 0.6 is 0 Å². The Bertz CT molecular complexity index is 478. The minimum Gasteiger partial charge on any atom is -0.495 e. The number of ether oxygens (including phenoxy) is 1. The number of amides is 1. The molecule has 19 heavy (non-hydrogen) atoms. The summed E-state index contributed by atoms with van der Waals surface area (Å²) >= 11 is 0. The fraction of sp³-hybridized carbons (Fsp3) is 0.562. The van der Waals surface area contributed by atoms with Gasteiger partial charge in [-0.25, -0.2) is 0 Å². The van der Waals surface area contributed by atoms with E-state index in [1.807, 2.05) is 12.1 Å². The van der Waals surface area contributed by atoms with Gasteiger partial charge in [-0.3, -0.25) is 4.79 Å². The van der Waals surface area contributed by atoms with E-state index in [2.05, 4.69) is 11.4 Å². The zero-order valence-electron chi connectivity index (χ0n) is 11.4. The molecule has 1 N–H and O–H groups in total. The van der Waals surface area contributed by atoms with E-state index in [0.29, 0.717) is 5.92 Å². The van der Waals surface area contributed by atoms with Crippen molar-refractivity contribution in [2.24, 2.45) is 5.92 Å². The van der Waals surface area contributed by atoms with Gasteiger partial charge < -0.3 is 10.1 Å². The highest BCUT2D eigenvalue weighted by molar-refractivity contribution is 6.04. The molecule has 1 aliphatic carbocycles. The Morgan fingerprint density at radius 1 is 1.26 bits per heavy atom. The van der Waals surface area contributed by atoms with Gasteiger partial charge in [-0.1, -0.05) is 44.2 Å². The second-order valence-corrected chi connectivity index (χ2v) is 5.71. The molecule has 1 heterocycles. The number of benzene rings is 1. The number of hydrogen-bond donors (Lipinski definition) is 1. The number of rotatable bonds is 3.